The van der Waals surface area contributed by atoms with E-state index in [1.807, 2.05) is 12.1 Å². The first-order valence-corrected chi connectivity index (χ1v) is 8.83. The summed E-state index contributed by atoms with van der Waals surface area (Å²) in [5.41, 5.74) is 0.589. The highest BCUT2D eigenvalue weighted by Crippen LogP contribution is 2.35. The van der Waals surface area contributed by atoms with E-state index in [-0.39, 0.29) is 4.90 Å². The van der Waals surface area contributed by atoms with Crippen LogP contribution in [0.3, 0.4) is 0 Å². The van der Waals surface area contributed by atoms with Crippen molar-refractivity contribution in [3.05, 3.63) is 53.0 Å². The second kappa shape index (κ2) is 5.69. The molecular formula is C15H14BrNO3S. The van der Waals surface area contributed by atoms with Gasteiger partial charge < -0.3 is 4.74 Å². The Morgan fingerprint density at radius 3 is 2.57 bits per heavy atom. The lowest BCUT2D eigenvalue weighted by molar-refractivity contribution is 0.322. The Bertz CT molecular complexity index is 761. The molecule has 1 aliphatic heterocycles. The van der Waals surface area contributed by atoms with Crippen LogP contribution in [0.2, 0.25) is 0 Å². The molecule has 110 valence electrons. The molecule has 1 heterocycles. The van der Waals surface area contributed by atoms with Gasteiger partial charge in [-0.2, -0.15) is 0 Å². The van der Waals surface area contributed by atoms with Gasteiger partial charge >= 0.3 is 0 Å². The quantitative estimate of drug-likeness (QED) is 0.816. The predicted octanol–water partition coefficient (Wildman–Crippen LogP) is 3.43. The molecule has 0 bridgehead atoms. The number of benzene rings is 2. The number of nitrogens with zero attached hydrogens (tertiary/aromatic N) is 1. The zero-order chi connectivity index (χ0) is 14.9. The van der Waals surface area contributed by atoms with E-state index in [2.05, 4.69) is 15.9 Å². The standard InChI is InChI=1S/C15H14BrNO3S/c16-12-6-1-4-9-15(12)21(18,19)17-10-5-11-20-14-8-3-2-7-13(14)17/h1-4,6-9H,5,10-11H2. The Labute approximate surface area is 132 Å². The van der Waals surface area contributed by atoms with Crippen LogP contribution in [0, 0.1) is 0 Å². The van der Waals surface area contributed by atoms with Gasteiger partial charge in [-0.1, -0.05) is 24.3 Å². The number of ether oxygens (including phenoxy) is 1. The van der Waals surface area contributed by atoms with Crippen LogP contribution in [0.5, 0.6) is 5.75 Å². The van der Waals surface area contributed by atoms with Crippen molar-refractivity contribution in [1.82, 2.24) is 0 Å². The average molecular weight is 368 g/mol. The number of hydrogen-bond acceptors (Lipinski definition) is 3. The van der Waals surface area contributed by atoms with E-state index in [0.29, 0.717) is 35.5 Å². The summed E-state index contributed by atoms with van der Waals surface area (Å²) in [6, 6.07) is 14.1. The number of halogens is 1. The monoisotopic (exact) mass is 367 g/mol. The molecule has 6 heteroatoms. The Morgan fingerprint density at radius 2 is 1.76 bits per heavy atom. The first kappa shape index (κ1) is 14.4. The maximum absolute atomic E-state index is 13.0. The molecule has 0 amide bonds. The minimum absolute atomic E-state index is 0.265. The van der Waals surface area contributed by atoms with E-state index in [0.717, 1.165) is 0 Å². The summed E-state index contributed by atoms with van der Waals surface area (Å²) in [6.45, 7) is 0.916. The number of anilines is 1. The van der Waals surface area contributed by atoms with Crippen LogP contribution in [0.15, 0.2) is 57.9 Å². The van der Waals surface area contributed by atoms with Crippen molar-refractivity contribution < 1.29 is 13.2 Å². The molecule has 3 rings (SSSR count). The third-order valence-electron chi connectivity index (χ3n) is 3.30. The van der Waals surface area contributed by atoms with Gasteiger partial charge in [-0.25, -0.2) is 8.42 Å². The lowest BCUT2D eigenvalue weighted by Crippen LogP contribution is -2.31. The van der Waals surface area contributed by atoms with Crippen molar-refractivity contribution in [2.75, 3.05) is 17.5 Å². The van der Waals surface area contributed by atoms with Gasteiger partial charge in [0.25, 0.3) is 10.0 Å². The van der Waals surface area contributed by atoms with E-state index >= 15 is 0 Å². The molecule has 0 unspecified atom stereocenters. The van der Waals surface area contributed by atoms with Crippen LogP contribution in [0.25, 0.3) is 0 Å². The van der Waals surface area contributed by atoms with E-state index in [9.17, 15) is 8.42 Å². The normalized spacial score (nSPS) is 15.0. The maximum atomic E-state index is 13.0. The number of sulfonamides is 1. The first-order valence-electron chi connectivity index (χ1n) is 6.60. The molecule has 21 heavy (non-hydrogen) atoms. The minimum atomic E-state index is -3.62. The highest BCUT2D eigenvalue weighted by atomic mass is 79.9. The fourth-order valence-corrected chi connectivity index (χ4v) is 4.80. The third kappa shape index (κ3) is 2.65. The van der Waals surface area contributed by atoms with Gasteiger partial charge in [-0.15, -0.1) is 0 Å². The van der Waals surface area contributed by atoms with Crippen LogP contribution in [-0.2, 0) is 10.0 Å². The molecule has 0 radical (unpaired) electrons. The molecular weight excluding hydrogens is 354 g/mol. The molecule has 0 saturated carbocycles. The fourth-order valence-electron chi connectivity index (χ4n) is 2.32. The fraction of sp³-hybridized carbons (Fsp3) is 0.200. The second-order valence-electron chi connectivity index (χ2n) is 4.68. The number of para-hydroxylation sites is 2. The molecule has 0 saturated heterocycles. The van der Waals surface area contributed by atoms with Crippen LogP contribution in [0.4, 0.5) is 5.69 Å². The van der Waals surface area contributed by atoms with Gasteiger partial charge in [-0.05, 0) is 40.2 Å². The Morgan fingerprint density at radius 1 is 1.05 bits per heavy atom. The molecule has 0 N–H and O–H groups in total. The van der Waals surface area contributed by atoms with Gasteiger partial charge in [0.2, 0.25) is 0 Å². The lowest BCUT2D eigenvalue weighted by Gasteiger charge is -2.23. The molecule has 1 aliphatic rings. The van der Waals surface area contributed by atoms with Crippen molar-refractivity contribution in [1.29, 1.82) is 0 Å². The SMILES string of the molecule is O=S(=O)(c1ccccc1Br)N1CCCOc2ccccc21. The predicted molar refractivity (Wildman–Crippen MR) is 85.2 cm³/mol. The molecule has 0 aliphatic carbocycles. The van der Waals surface area contributed by atoms with E-state index in [4.69, 9.17) is 4.74 Å². The maximum Gasteiger partial charge on any atom is 0.265 e. The van der Waals surface area contributed by atoms with E-state index in [1.165, 1.54) is 4.31 Å². The number of hydrogen-bond donors (Lipinski definition) is 0. The summed E-state index contributed by atoms with van der Waals surface area (Å²) >= 11 is 3.32. The Hall–Kier alpha value is -1.53. The zero-order valence-corrected chi connectivity index (χ0v) is 13.6. The van der Waals surface area contributed by atoms with Gasteiger partial charge in [0.05, 0.1) is 12.3 Å². The molecule has 2 aromatic carbocycles. The van der Waals surface area contributed by atoms with Crippen LogP contribution < -0.4 is 9.04 Å². The largest absolute Gasteiger partial charge is 0.491 e. The summed E-state index contributed by atoms with van der Waals surface area (Å²) in [7, 11) is -3.62. The van der Waals surface area contributed by atoms with Gasteiger partial charge in [0, 0.05) is 17.4 Å². The van der Waals surface area contributed by atoms with Gasteiger partial charge in [0.1, 0.15) is 10.6 Å². The topological polar surface area (TPSA) is 46.6 Å². The van der Waals surface area contributed by atoms with Crippen LogP contribution in [0.1, 0.15) is 6.42 Å². The summed E-state index contributed by atoms with van der Waals surface area (Å²) in [5, 5.41) is 0. The Balaban J connectivity index is 2.13. The van der Waals surface area contributed by atoms with Gasteiger partial charge in [0.15, 0.2) is 0 Å². The van der Waals surface area contributed by atoms with Crippen molar-refractivity contribution in [2.24, 2.45) is 0 Å². The molecule has 0 fully saturated rings. The molecule has 4 nitrogen and oxygen atoms in total. The van der Waals surface area contributed by atoms with Crippen LogP contribution >= 0.6 is 15.9 Å². The zero-order valence-electron chi connectivity index (χ0n) is 11.2. The van der Waals surface area contributed by atoms with Crippen molar-refractivity contribution >= 4 is 31.6 Å². The van der Waals surface area contributed by atoms with Crippen molar-refractivity contribution in [2.45, 2.75) is 11.3 Å². The highest BCUT2D eigenvalue weighted by molar-refractivity contribution is 9.10. The first-order chi connectivity index (χ1) is 10.1. The lowest BCUT2D eigenvalue weighted by atomic mass is 10.3. The van der Waals surface area contributed by atoms with Gasteiger partial charge in [-0.3, -0.25) is 4.31 Å². The second-order valence-corrected chi connectivity index (χ2v) is 7.36. The smallest absolute Gasteiger partial charge is 0.265 e. The molecule has 2 aromatic rings. The molecule has 0 atom stereocenters. The summed E-state index contributed by atoms with van der Waals surface area (Å²) in [6.07, 6.45) is 0.651. The molecule has 0 spiro atoms. The number of fused-ring (bicyclic) bond motifs is 1. The minimum Gasteiger partial charge on any atom is -0.491 e. The van der Waals surface area contributed by atoms with E-state index in [1.54, 1.807) is 36.4 Å². The average Bonchev–Trinajstić information content (AvgIpc) is 2.70. The van der Waals surface area contributed by atoms with Crippen LogP contribution in [-0.4, -0.2) is 21.6 Å². The van der Waals surface area contributed by atoms with Crippen molar-refractivity contribution in [3.63, 3.8) is 0 Å². The highest BCUT2D eigenvalue weighted by Gasteiger charge is 2.29. The summed E-state index contributed by atoms with van der Waals surface area (Å²) in [5.74, 6) is 0.602. The number of rotatable bonds is 2. The molecule has 0 aromatic heterocycles. The van der Waals surface area contributed by atoms with E-state index < -0.39 is 10.0 Å². The van der Waals surface area contributed by atoms with Crippen molar-refractivity contribution in [3.8, 4) is 5.75 Å². The Kier molecular flexibility index (Phi) is 3.91. The summed E-state index contributed by atoms with van der Waals surface area (Å²) in [4.78, 5) is 0.265. The summed E-state index contributed by atoms with van der Waals surface area (Å²) < 4.78 is 33.5. The third-order valence-corrected chi connectivity index (χ3v) is 6.13.